The van der Waals surface area contributed by atoms with E-state index in [1.54, 1.807) is 13.2 Å². The first kappa shape index (κ1) is 12.3. The van der Waals surface area contributed by atoms with Gasteiger partial charge in [-0.2, -0.15) is 0 Å². The zero-order valence-electron chi connectivity index (χ0n) is 9.60. The van der Waals surface area contributed by atoms with Crippen LogP contribution in [0.2, 0.25) is 0 Å². The van der Waals surface area contributed by atoms with E-state index in [-0.39, 0.29) is 5.97 Å². The van der Waals surface area contributed by atoms with Gasteiger partial charge in [-0.15, -0.1) is 0 Å². The molecule has 3 heteroatoms. The fourth-order valence-corrected chi connectivity index (χ4v) is 1.16. The van der Waals surface area contributed by atoms with Crippen LogP contribution in [0.1, 0.15) is 18.9 Å². The van der Waals surface area contributed by atoms with Gasteiger partial charge in [0.15, 0.2) is 0 Å². The van der Waals surface area contributed by atoms with Crippen LogP contribution in [0.5, 0.6) is 5.75 Å². The molecule has 0 spiro atoms. The highest BCUT2D eigenvalue weighted by molar-refractivity contribution is 5.87. The van der Waals surface area contributed by atoms with Crippen molar-refractivity contribution in [2.75, 3.05) is 13.7 Å². The van der Waals surface area contributed by atoms with Crippen LogP contribution in [0, 0.1) is 0 Å². The summed E-state index contributed by atoms with van der Waals surface area (Å²) in [5, 5.41) is 0. The van der Waals surface area contributed by atoms with Crippen molar-refractivity contribution in [2.45, 2.75) is 13.3 Å². The van der Waals surface area contributed by atoms with Crippen molar-refractivity contribution in [2.24, 2.45) is 0 Å². The van der Waals surface area contributed by atoms with Gasteiger partial charge in [-0.25, -0.2) is 4.79 Å². The summed E-state index contributed by atoms with van der Waals surface area (Å²) < 4.78 is 9.99. The monoisotopic (exact) mass is 220 g/mol. The third kappa shape index (κ3) is 4.17. The standard InChI is InChI=1S/C13H16O3/c1-3-9-16-13(14)8-7-11-5-4-6-12(10-11)15-2/h4-8,10H,3,9H2,1-2H3. The highest BCUT2D eigenvalue weighted by atomic mass is 16.5. The van der Waals surface area contributed by atoms with Gasteiger partial charge in [0, 0.05) is 6.08 Å². The molecule has 1 aromatic carbocycles. The van der Waals surface area contributed by atoms with E-state index in [4.69, 9.17) is 9.47 Å². The Bertz CT molecular complexity index is 369. The second-order valence-electron chi connectivity index (χ2n) is 3.28. The summed E-state index contributed by atoms with van der Waals surface area (Å²) in [6.07, 6.45) is 3.96. The molecule has 0 atom stereocenters. The van der Waals surface area contributed by atoms with E-state index in [1.807, 2.05) is 31.2 Å². The molecule has 0 heterocycles. The van der Waals surface area contributed by atoms with Crippen LogP contribution in [-0.2, 0) is 9.53 Å². The Balaban J connectivity index is 2.58. The number of carbonyl (C=O) groups excluding carboxylic acids is 1. The van der Waals surface area contributed by atoms with Crippen LogP contribution in [0.25, 0.3) is 6.08 Å². The van der Waals surface area contributed by atoms with Crippen molar-refractivity contribution in [3.05, 3.63) is 35.9 Å². The van der Waals surface area contributed by atoms with Gasteiger partial charge in [0.1, 0.15) is 5.75 Å². The van der Waals surface area contributed by atoms with Crippen molar-refractivity contribution in [3.8, 4) is 5.75 Å². The SMILES string of the molecule is CCCOC(=O)C=Cc1cccc(OC)c1. The maximum atomic E-state index is 11.2. The maximum Gasteiger partial charge on any atom is 0.330 e. The average molecular weight is 220 g/mol. The summed E-state index contributed by atoms with van der Waals surface area (Å²) in [5.41, 5.74) is 0.910. The van der Waals surface area contributed by atoms with E-state index in [0.29, 0.717) is 6.61 Å². The van der Waals surface area contributed by atoms with Gasteiger partial charge < -0.3 is 9.47 Å². The molecule has 0 aliphatic carbocycles. The molecule has 0 fully saturated rings. The number of rotatable bonds is 5. The Hall–Kier alpha value is -1.77. The fourth-order valence-electron chi connectivity index (χ4n) is 1.16. The van der Waals surface area contributed by atoms with Crippen LogP contribution in [-0.4, -0.2) is 19.7 Å². The molecule has 0 aliphatic heterocycles. The fraction of sp³-hybridized carbons (Fsp3) is 0.308. The summed E-state index contributed by atoms with van der Waals surface area (Å²) in [5.74, 6) is 0.453. The van der Waals surface area contributed by atoms with Crippen molar-refractivity contribution in [1.29, 1.82) is 0 Å². The molecular weight excluding hydrogens is 204 g/mol. The molecule has 0 saturated heterocycles. The van der Waals surface area contributed by atoms with Crippen LogP contribution in [0.15, 0.2) is 30.3 Å². The number of methoxy groups -OCH3 is 1. The molecular formula is C13H16O3. The molecule has 1 rings (SSSR count). The lowest BCUT2D eigenvalue weighted by molar-refractivity contribution is -0.137. The summed E-state index contributed by atoms with van der Waals surface area (Å²) in [7, 11) is 1.61. The van der Waals surface area contributed by atoms with Gasteiger partial charge in [0.25, 0.3) is 0 Å². The second-order valence-corrected chi connectivity index (χ2v) is 3.28. The molecule has 0 amide bonds. The van der Waals surface area contributed by atoms with Crippen LogP contribution in [0.4, 0.5) is 0 Å². The molecule has 16 heavy (non-hydrogen) atoms. The molecule has 0 radical (unpaired) electrons. The maximum absolute atomic E-state index is 11.2. The second kappa shape index (κ2) is 6.67. The van der Waals surface area contributed by atoms with E-state index in [1.165, 1.54) is 6.08 Å². The minimum absolute atomic E-state index is 0.315. The van der Waals surface area contributed by atoms with Crippen molar-refractivity contribution in [3.63, 3.8) is 0 Å². The van der Waals surface area contributed by atoms with E-state index in [0.717, 1.165) is 17.7 Å². The Kier molecular flexibility index (Phi) is 5.12. The minimum Gasteiger partial charge on any atom is -0.497 e. The molecule has 0 bridgehead atoms. The Morgan fingerprint density at radius 1 is 1.44 bits per heavy atom. The van der Waals surface area contributed by atoms with Gasteiger partial charge in [-0.3, -0.25) is 0 Å². The molecule has 0 saturated carbocycles. The molecule has 1 aromatic rings. The molecule has 3 nitrogen and oxygen atoms in total. The van der Waals surface area contributed by atoms with E-state index < -0.39 is 0 Å². The Labute approximate surface area is 95.7 Å². The first-order valence-corrected chi connectivity index (χ1v) is 5.25. The number of hydrogen-bond donors (Lipinski definition) is 0. The lowest BCUT2D eigenvalue weighted by atomic mass is 10.2. The number of ether oxygens (including phenoxy) is 2. The molecule has 0 aromatic heterocycles. The van der Waals surface area contributed by atoms with Crippen molar-refractivity contribution in [1.82, 2.24) is 0 Å². The summed E-state index contributed by atoms with van der Waals surface area (Å²) >= 11 is 0. The summed E-state index contributed by atoms with van der Waals surface area (Å²) in [6, 6.07) is 7.47. The van der Waals surface area contributed by atoms with Crippen LogP contribution in [0.3, 0.4) is 0 Å². The van der Waals surface area contributed by atoms with Crippen molar-refractivity contribution < 1.29 is 14.3 Å². The highest BCUT2D eigenvalue weighted by Gasteiger charge is 1.96. The van der Waals surface area contributed by atoms with Gasteiger partial charge >= 0.3 is 5.97 Å². The van der Waals surface area contributed by atoms with Gasteiger partial charge in [0.2, 0.25) is 0 Å². The van der Waals surface area contributed by atoms with E-state index >= 15 is 0 Å². The molecule has 0 aliphatic rings. The topological polar surface area (TPSA) is 35.5 Å². The first-order valence-electron chi connectivity index (χ1n) is 5.25. The molecule has 0 unspecified atom stereocenters. The number of hydrogen-bond acceptors (Lipinski definition) is 3. The molecule has 86 valence electrons. The van der Waals surface area contributed by atoms with Gasteiger partial charge in [-0.05, 0) is 30.2 Å². The summed E-state index contributed by atoms with van der Waals surface area (Å²) in [6.45, 7) is 2.42. The van der Waals surface area contributed by atoms with Gasteiger partial charge in [0.05, 0.1) is 13.7 Å². The average Bonchev–Trinajstić information content (AvgIpc) is 2.34. The van der Waals surface area contributed by atoms with Crippen LogP contribution >= 0.6 is 0 Å². The van der Waals surface area contributed by atoms with Crippen LogP contribution < -0.4 is 4.74 Å². The lowest BCUT2D eigenvalue weighted by Gasteiger charge is -2.00. The third-order valence-corrected chi connectivity index (χ3v) is 1.95. The lowest BCUT2D eigenvalue weighted by Crippen LogP contribution is -2.00. The van der Waals surface area contributed by atoms with E-state index in [2.05, 4.69) is 0 Å². The van der Waals surface area contributed by atoms with Gasteiger partial charge in [-0.1, -0.05) is 19.1 Å². The number of benzene rings is 1. The zero-order chi connectivity index (χ0) is 11.8. The quantitative estimate of drug-likeness (QED) is 0.565. The highest BCUT2D eigenvalue weighted by Crippen LogP contribution is 2.13. The third-order valence-electron chi connectivity index (χ3n) is 1.95. The largest absolute Gasteiger partial charge is 0.497 e. The number of esters is 1. The smallest absolute Gasteiger partial charge is 0.330 e. The van der Waals surface area contributed by atoms with E-state index in [9.17, 15) is 4.79 Å². The first-order chi connectivity index (χ1) is 7.76. The van der Waals surface area contributed by atoms with Crippen molar-refractivity contribution >= 4 is 12.0 Å². The predicted molar refractivity (Wildman–Crippen MR) is 63.3 cm³/mol. The normalized spacial score (nSPS) is 10.4. The minimum atomic E-state index is -0.315. The zero-order valence-corrected chi connectivity index (χ0v) is 9.60. The number of carbonyl (C=O) groups is 1. The summed E-state index contributed by atoms with van der Waals surface area (Å²) in [4.78, 5) is 11.2. The molecule has 0 N–H and O–H groups in total. The Morgan fingerprint density at radius 3 is 2.94 bits per heavy atom. The predicted octanol–water partition coefficient (Wildman–Crippen LogP) is 2.66. The Morgan fingerprint density at radius 2 is 2.25 bits per heavy atom.